The summed E-state index contributed by atoms with van der Waals surface area (Å²) < 4.78 is 79.5. The van der Waals surface area contributed by atoms with E-state index in [1.807, 2.05) is 0 Å². The Hall–Kier alpha value is -3.04. The SMILES string of the molecule is O=c1c2ncn([C@@H]3O[C@@H]4COP(=O)(O)O[C@H]5[C@@H](F)[C@H](n6cc7c8c(ncnc86)CCCC7)O[C@@H]5COP(=O)(O)O[C@@H]3[C@@H]4O)c2ncn1CCO. The first-order valence-corrected chi connectivity index (χ1v) is 18.7. The number of imidazole rings is 1. The van der Waals surface area contributed by atoms with E-state index in [1.54, 1.807) is 6.20 Å². The first-order chi connectivity index (χ1) is 23.9. The molecule has 2 unspecified atom stereocenters. The fraction of sp³-hybridized carbons (Fsp3) is 0.593. The van der Waals surface area contributed by atoms with Gasteiger partial charge in [-0.15, -0.1) is 0 Å². The van der Waals surface area contributed by atoms with E-state index in [2.05, 4.69) is 19.9 Å². The highest BCUT2D eigenvalue weighted by Crippen LogP contribution is 2.54. The second-order valence-corrected chi connectivity index (χ2v) is 15.1. The lowest BCUT2D eigenvalue weighted by Gasteiger charge is -2.25. The Kier molecular flexibility index (Phi) is 8.77. The van der Waals surface area contributed by atoms with Gasteiger partial charge in [-0.2, -0.15) is 0 Å². The molecule has 23 heteroatoms. The topological polar surface area (TPSA) is 254 Å². The van der Waals surface area contributed by atoms with Crippen LogP contribution in [0.15, 0.2) is 30.0 Å². The maximum atomic E-state index is 16.3. The fourth-order valence-corrected chi connectivity index (χ4v) is 8.77. The standard InChI is InChI=1S/C27H32FN7O13P2/c28-18-21-16(46-26(18)34-7-13-3-1-2-4-14-17(13)23(34)30-10-29-14)9-44-50(41,42)48-22-20(37)15(8-43-49(39,40)47-21)45-27(22)35-12-31-19-24(35)32-11-33(5-6-36)25(19)38/h7,10-12,15-16,18,20-22,26-27,36-37H,1-6,8-9H2,(H,39,40)(H,41,42)/t15-,16-,18-,20-,21-,22-,26-,27-/m1/s1. The second-order valence-electron chi connectivity index (χ2n) is 12.3. The van der Waals surface area contributed by atoms with Crippen molar-refractivity contribution in [3.8, 4) is 0 Å². The van der Waals surface area contributed by atoms with Gasteiger partial charge in [0.15, 0.2) is 29.8 Å². The quantitative estimate of drug-likeness (QED) is 0.207. The minimum Gasteiger partial charge on any atom is -0.395 e. The summed E-state index contributed by atoms with van der Waals surface area (Å²) in [5, 5.41) is 21.1. The van der Waals surface area contributed by atoms with Crippen LogP contribution in [0.2, 0.25) is 0 Å². The van der Waals surface area contributed by atoms with Crippen molar-refractivity contribution in [3.63, 3.8) is 0 Å². The monoisotopic (exact) mass is 743 g/mol. The third-order valence-electron chi connectivity index (χ3n) is 9.21. The Morgan fingerprint density at radius 2 is 1.60 bits per heavy atom. The maximum Gasteiger partial charge on any atom is 0.472 e. The molecule has 0 amide bonds. The van der Waals surface area contributed by atoms with Crippen LogP contribution in [0.1, 0.15) is 36.6 Å². The molecule has 10 atom stereocenters. The van der Waals surface area contributed by atoms with Crippen molar-refractivity contribution in [1.29, 1.82) is 0 Å². The Morgan fingerprint density at radius 1 is 0.880 bits per heavy atom. The average Bonchev–Trinajstić information content (AvgIpc) is 3.78. The summed E-state index contributed by atoms with van der Waals surface area (Å²) in [6, 6.07) is 0. The number of fused-ring (bicyclic) bond motifs is 4. The molecular weight excluding hydrogens is 711 g/mol. The highest BCUT2D eigenvalue weighted by molar-refractivity contribution is 7.47. The first-order valence-electron chi connectivity index (χ1n) is 15.8. The van der Waals surface area contributed by atoms with Gasteiger partial charge in [0.1, 0.15) is 48.8 Å². The molecule has 50 heavy (non-hydrogen) atoms. The van der Waals surface area contributed by atoms with Crippen LogP contribution in [0.4, 0.5) is 4.39 Å². The summed E-state index contributed by atoms with van der Waals surface area (Å²) in [4.78, 5) is 51.3. The summed E-state index contributed by atoms with van der Waals surface area (Å²) in [5.41, 5.74) is 1.26. The number of aliphatic hydroxyl groups excluding tert-OH is 2. The number of aromatic nitrogens is 7. The molecule has 270 valence electrons. The number of aliphatic hydroxyl groups is 2. The third kappa shape index (κ3) is 5.94. The van der Waals surface area contributed by atoms with E-state index >= 15 is 4.39 Å². The van der Waals surface area contributed by atoms with Crippen molar-refractivity contribution in [2.45, 2.75) is 81.4 Å². The molecule has 4 aromatic rings. The summed E-state index contributed by atoms with van der Waals surface area (Å²) in [6.07, 6.45) is -4.88. The molecule has 2 bridgehead atoms. The van der Waals surface area contributed by atoms with Crippen molar-refractivity contribution in [3.05, 3.63) is 46.8 Å². The molecule has 20 nitrogen and oxygen atoms in total. The van der Waals surface area contributed by atoms with Gasteiger partial charge < -0.3 is 34.0 Å². The smallest absolute Gasteiger partial charge is 0.395 e. The summed E-state index contributed by atoms with van der Waals surface area (Å²) >= 11 is 0. The number of nitrogens with zero attached hydrogens (tertiary/aromatic N) is 7. The average molecular weight is 744 g/mol. The first kappa shape index (κ1) is 34.1. The van der Waals surface area contributed by atoms with Crippen LogP contribution in [-0.2, 0) is 56.1 Å². The van der Waals surface area contributed by atoms with Crippen molar-refractivity contribution in [2.75, 3.05) is 19.8 Å². The Morgan fingerprint density at radius 3 is 2.38 bits per heavy atom. The number of aryl methyl sites for hydroxylation is 2. The zero-order valence-corrected chi connectivity index (χ0v) is 27.7. The van der Waals surface area contributed by atoms with E-state index in [1.165, 1.54) is 10.9 Å². The van der Waals surface area contributed by atoms with Gasteiger partial charge in [0.05, 0.1) is 38.4 Å². The molecule has 0 spiro atoms. The number of hydrogen-bond acceptors (Lipinski definition) is 15. The normalized spacial score (nSPS) is 36.5. The predicted octanol–water partition coefficient (Wildman–Crippen LogP) is 0.421. The van der Waals surface area contributed by atoms with Gasteiger partial charge in [-0.1, -0.05) is 0 Å². The number of ether oxygens (including phenoxy) is 2. The minimum atomic E-state index is -5.14. The fourth-order valence-electron chi connectivity index (χ4n) is 6.89. The molecule has 4 aliphatic rings. The summed E-state index contributed by atoms with van der Waals surface area (Å²) in [6.45, 7) is -2.08. The Labute approximate surface area is 280 Å². The number of rotatable bonds is 4. The van der Waals surface area contributed by atoms with Gasteiger partial charge in [0.25, 0.3) is 5.56 Å². The third-order valence-corrected chi connectivity index (χ3v) is 11.2. The van der Waals surface area contributed by atoms with Crippen LogP contribution in [0, 0.1) is 0 Å². The molecule has 4 N–H and O–H groups in total. The summed E-state index contributed by atoms with van der Waals surface area (Å²) in [7, 11) is -10.3. The Balaban J connectivity index is 1.10. The largest absolute Gasteiger partial charge is 0.472 e. The highest BCUT2D eigenvalue weighted by atomic mass is 31.2. The number of hydrogen-bond donors (Lipinski definition) is 4. The molecule has 0 aromatic carbocycles. The molecule has 3 fully saturated rings. The predicted molar refractivity (Wildman–Crippen MR) is 163 cm³/mol. The molecule has 0 saturated carbocycles. The van der Waals surface area contributed by atoms with Gasteiger partial charge in [0, 0.05) is 11.6 Å². The number of phosphoric ester groups is 2. The molecule has 7 heterocycles. The van der Waals surface area contributed by atoms with Crippen molar-refractivity contribution in [1.82, 2.24) is 33.6 Å². The molecule has 4 aromatic heterocycles. The van der Waals surface area contributed by atoms with E-state index in [9.17, 15) is 33.9 Å². The van der Waals surface area contributed by atoms with Crippen LogP contribution in [0.5, 0.6) is 0 Å². The molecule has 3 aliphatic heterocycles. The molecule has 1 aliphatic carbocycles. The van der Waals surface area contributed by atoms with Gasteiger partial charge in [-0.05, 0) is 31.2 Å². The van der Waals surface area contributed by atoms with Crippen LogP contribution in [0.25, 0.3) is 22.2 Å². The molecular formula is C27H32FN7O13P2. The number of halogens is 1. The van der Waals surface area contributed by atoms with Crippen LogP contribution < -0.4 is 5.56 Å². The lowest BCUT2D eigenvalue weighted by Crippen LogP contribution is -2.35. The van der Waals surface area contributed by atoms with E-state index in [0.717, 1.165) is 51.3 Å². The lowest BCUT2D eigenvalue weighted by atomic mass is 10.1. The van der Waals surface area contributed by atoms with E-state index in [4.69, 9.17) is 27.6 Å². The van der Waals surface area contributed by atoms with Crippen LogP contribution in [-0.4, -0.2) is 110 Å². The Bertz CT molecular complexity index is 2100. The molecule has 3 saturated heterocycles. The van der Waals surface area contributed by atoms with Crippen molar-refractivity contribution < 1.29 is 61.1 Å². The molecule has 0 radical (unpaired) electrons. The minimum absolute atomic E-state index is 0.0550. The van der Waals surface area contributed by atoms with Crippen molar-refractivity contribution in [2.24, 2.45) is 0 Å². The highest BCUT2D eigenvalue weighted by Gasteiger charge is 2.54. The zero-order valence-electron chi connectivity index (χ0n) is 26.0. The number of phosphoric acid groups is 2. The van der Waals surface area contributed by atoms with E-state index in [0.29, 0.717) is 18.5 Å². The van der Waals surface area contributed by atoms with Gasteiger partial charge in [0.2, 0.25) is 0 Å². The van der Waals surface area contributed by atoms with Gasteiger partial charge in [-0.25, -0.2) is 33.5 Å². The zero-order chi connectivity index (χ0) is 34.9. The van der Waals surface area contributed by atoms with Gasteiger partial charge in [-0.3, -0.25) is 32.0 Å². The number of alkyl halides is 1. The van der Waals surface area contributed by atoms with Crippen molar-refractivity contribution >= 4 is 37.8 Å². The van der Waals surface area contributed by atoms with E-state index in [-0.39, 0.29) is 24.3 Å². The lowest BCUT2D eigenvalue weighted by molar-refractivity contribution is -0.0670. The summed E-state index contributed by atoms with van der Waals surface area (Å²) in [5.74, 6) is 0. The van der Waals surface area contributed by atoms with Crippen LogP contribution in [0.3, 0.4) is 0 Å². The van der Waals surface area contributed by atoms with Crippen LogP contribution >= 0.6 is 15.6 Å². The molecule has 8 rings (SSSR count). The van der Waals surface area contributed by atoms with Gasteiger partial charge >= 0.3 is 15.6 Å². The van der Waals surface area contributed by atoms with E-state index < -0.39 is 83.6 Å². The maximum absolute atomic E-state index is 16.3. The second kappa shape index (κ2) is 12.9.